The molecule has 13 heteroatoms. The van der Waals surface area contributed by atoms with E-state index in [1.54, 1.807) is 24.3 Å². The van der Waals surface area contributed by atoms with Gasteiger partial charge in [-0.3, -0.25) is 4.79 Å². The fourth-order valence-corrected chi connectivity index (χ4v) is 11.7. The average molecular weight is 885 g/mol. The molecule has 3 aliphatic heterocycles. The summed E-state index contributed by atoms with van der Waals surface area (Å²) in [6, 6.07) is 19.9. The van der Waals surface area contributed by atoms with E-state index in [-0.39, 0.29) is 47.5 Å². The summed E-state index contributed by atoms with van der Waals surface area (Å²) in [7, 11) is 3.30. The third-order valence-corrected chi connectivity index (χ3v) is 14.6. The van der Waals surface area contributed by atoms with Gasteiger partial charge in [-0.15, -0.1) is 0 Å². The van der Waals surface area contributed by atoms with Crippen LogP contribution in [0.1, 0.15) is 78.3 Å². The lowest BCUT2D eigenvalue weighted by Crippen LogP contribution is -2.50. The van der Waals surface area contributed by atoms with Gasteiger partial charge in [-0.05, 0) is 158 Å². The number of dihydropyridines is 1. The summed E-state index contributed by atoms with van der Waals surface area (Å²) in [5.74, 6) is -1.74. The van der Waals surface area contributed by atoms with Crippen molar-refractivity contribution in [2.24, 2.45) is 17.3 Å². The molecular weight excluding hydrogens is 825 g/mol. The molecule has 4 aromatic carbocycles. The number of carbonyl (C=O) groups excluding carboxylic acids is 1. The van der Waals surface area contributed by atoms with Gasteiger partial charge in [0, 0.05) is 54.0 Å². The number of ketones is 1. The quantitative estimate of drug-likeness (QED) is 0.0634. The van der Waals surface area contributed by atoms with Crippen LogP contribution in [-0.4, -0.2) is 87.5 Å². The third kappa shape index (κ3) is 8.37. The molecule has 1 aromatic heterocycles. The van der Waals surface area contributed by atoms with Gasteiger partial charge < -0.3 is 61.0 Å². The number of carbonyl (C=O) groups is 1. The molecule has 10 N–H and O–H groups in total. The van der Waals surface area contributed by atoms with Crippen LogP contribution < -0.4 is 25.4 Å². The number of aromatic nitrogens is 1. The molecule has 4 heterocycles. The second-order valence-corrected chi connectivity index (χ2v) is 18.3. The number of aromatic amines is 1. The molecule has 0 radical (unpaired) electrons. The predicted octanol–water partition coefficient (Wildman–Crippen LogP) is 7.17. The van der Waals surface area contributed by atoms with E-state index in [0.717, 1.165) is 57.3 Å². The van der Waals surface area contributed by atoms with Crippen molar-refractivity contribution >= 4 is 22.2 Å². The van der Waals surface area contributed by atoms with Gasteiger partial charge in [-0.1, -0.05) is 24.3 Å². The Kier molecular flexibility index (Phi) is 12.5. The lowest BCUT2D eigenvalue weighted by atomic mass is 9.57. The van der Waals surface area contributed by atoms with Gasteiger partial charge in [0.25, 0.3) is 0 Å². The van der Waals surface area contributed by atoms with E-state index >= 15 is 4.79 Å². The molecule has 4 aliphatic rings. The Morgan fingerprint density at radius 1 is 1.03 bits per heavy atom. The topological polar surface area (TPSA) is 209 Å². The zero-order valence-corrected chi connectivity index (χ0v) is 36.9. The SMILES string of the molecule is CNCC1CC(c2cc(O)c(O)c(OC)c2)CC(=O)C(C(O)CCc2ccc(O)c3c2CCCO3)C2(CCC(O)C2Cc2ccc[nH]2)C2=CCNC(=C2)Nc2ccc3cc(O)ccc3c21. The number of allylic oxidation sites excluding steroid dienone is 2. The summed E-state index contributed by atoms with van der Waals surface area (Å²) < 4.78 is 11.5. The number of hydrogen-bond acceptors (Lipinski definition) is 12. The third-order valence-electron chi connectivity index (χ3n) is 14.6. The first kappa shape index (κ1) is 44.1. The number of fused-ring (bicyclic) bond motifs is 6. The summed E-state index contributed by atoms with van der Waals surface area (Å²) in [6.45, 7) is 1.44. The molecule has 5 aromatic rings. The van der Waals surface area contributed by atoms with E-state index in [1.807, 2.05) is 49.6 Å². The largest absolute Gasteiger partial charge is 0.508 e. The molecule has 13 nitrogen and oxygen atoms in total. The molecular formula is C52H60N4O9. The Morgan fingerprint density at radius 2 is 1.89 bits per heavy atom. The fourth-order valence-electron chi connectivity index (χ4n) is 11.7. The van der Waals surface area contributed by atoms with Gasteiger partial charge >= 0.3 is 0 Å². The van der Waals surface area contributed by atoms with Crippen molar-refractivity contribution in [2.75, 3.05) is 39.2 Å². The number of aromatic hydroxyl groups is 4. The maximum Gasteiger partial charge on any atom is 0.200 e. The van der Waals surface area contributed by atoms with Crippen LogP contribution in [-0.2, 0) is 24.1 Å². The van der Waals surface area contributed by atoms with Crippen molar-refractivity contribution in [1.82, 2.24) is 15.6 Å². The number of rotatable bonds is 10. The van der Waals surface area contributed by atoms with Crippen LogP contribution in [0.3, 0.4) is 0 Å². The monoisotopic (exact) mass is 884 g/mol. The molecule has 2 bridgehead atoms. The van der Waals surface area contributed by atoms with Crippen LogP contribution in [0.2, 0.25) is 0 Å². The smallest absolute Gasteiger partial charge is 0.200 e. The lowest BCUT2D eigenvalue weighted by molar-refractivity contribution is -0.134. The predicted molar refractivity (Wildman–Crippen MR) is 249 cm³/mol. The first-order valence-electron chi connectivity index (χ1n) is 22.9. The first-order chi connectivity index (χ1) is 31.5. The van der Waals surface area contributed by atoms with Gasteiger partial charge in [-0.2, -0.15) is 0 Å². The van der Waals surface area contributed by atoms with Crippen LogP contribution in [0.25, 0.3) is 10.8 Å². The number of aryl methyl sites for hydroxylation is 1. The number of hydrogen-bond donors (Lipinski definition) is 10. The van der Waals surface area contributed by atoms with Crippen LogP contribution in [0.15, 0.2) is 96.5 Å². The number of anilines is 1. The number of phenolic OH excluding ortho intramolecular Hbond substituents is 4. The number of nitrogens with one attached hydrogen (secondary N) is 4. The highest BCUT2D eigenvalue weighted by Gasteiger charge is 2.58. The Balaban J connectivity index is 1.24. The zero-order valence-electron chi connectivity index (χ0n) is 36.9. The molecule has 9 rings (SSSR count). The number of aliphatic hydroxyl groups is 2. The minimum Gasteiger partial charge on any atom is -0.508 e. The number of H-pyrrole nitrogens is 1. The van der Waals surface area contributed by atoms with Crippen molar-refractivity contribution in [3.8, 4) is 34.5 Å². The number of methoxy groups -OCH3 is 1. The minimum absolute atomic E-state index is 0.0404. The molecule has 0 amide bonds. The van der Waals surface area contributed by atoms with Crippen molar-refractivity contribution < 1.29 is 44.9 Å². The molecule has 1 spiro atoms. The van der Waals surface area contributed by atoms with E-state index in [2.05, 4.69) is 33.1 Å². The number of likely N-dealkylation sites (N-methyl/N-ethyl adjacent to an activating group) is 1. The van der Waals surface area contributed by atoms with Crippen molar-refractivity contribution in [3.05, 3.63) is 124 Å². The van der Waals surface area contributed by atoms with E-state index in [4.69, 9.17) is 9.47 Å². The van der Waals surface area contributed by atoms with Crippen LogP contribution in [0.4, 0.5) is 5.69 Å². The average Bonchev–Trinajstić information content (AvgIpc) is 3.94. The second kappa shape index (κ2) is 18.4. The summed E-state index contributed by atoms with van der Waals surface area (Å²) in [5, 5.41) is 80.9. The first-order valence-corrected chi connectivity index (χ1v) is 22.9. The maximum atomic E-state index is 16.1. The second-order valence-electron chi connectivity index (χ2n) is 18.3. The highest BCUT2D eigenvalue weighted by molar-refractivity contribution is 5.92. The number of aliphatic hydroxyl groups excluding tert-OH is 2. The molecule has 342 valence electrons. The highest BCUT2D eigenvalue weighted by Crippen LogP contribution is 2.58. The summed E-state index contributed by atoms with van der Waals surface area (Å²) in [5.41, 5.74) is 4.99. The van der Waals surface area contributed by atoms with Gasteiger partial charge in [0.05, 0.1) is 31.8 Å². The van der Waals surface area contributed by atoms with Gasteiger partial charge in [0.15, 0.2) is 23.0 Å². The normalized spacial score (nSPS) is 24.8. The summed E-state index contributed by atoms with van der Waals surface area (Å²) in [6.07, 6.45) is 7.90. The fraction of sp³-hybridized carbons (Fsp3) is 0.404. The van der Waals surface area contributed by atoms with E-state index in [9.17, 15) is 30.6 Å². The van der Waals surface area contributed by atoms with E-state index in [1.165, 1.54) is 13.2 Å². The Bertz CT molecular complexity index is 2620. The standard InChI is InChI=1S/C52H60N4O9/c1-53-28-33-21-31(32-24-45(62)50(63)46(25-32)64-2)23-44(61)49(42(59)13-8-29-9-14-43(60)51-38(29)6-4-20-65-51)52(17-15-41(58)39(52)27-35-5-3-18-54-35)34-16-19-55-47(26-34)56-40-12-7-30-22-36(57)10-11-37(30)48(33)40/h3,5,7,9-12,14,16,18,22,24-26,31,33,39,41-42,49,53-60,62-63H,4,6,8,13,15,17,19-21,23,27-28H2,1-2H3. The van der Waals surface area contributed by atoms with E-state index < -0.39 is 41.1 Å². The number of ether oxygens (including phenoxy) is 2. The summed E-state index contributed by atoms with van der Waals surface area (Å²) in [4.78, 5) is 19.4. The number of phenols is 4. The van der Waals surface area contributed by atoms with Gasteiger partial charge in [0.2, 0.25) is 5.75 Å². The van der Waals surface area contributed by atoms with E-state index in [0.29, 0.717) is 68.9 Å². The molecule has 7 atom stereocenters. The Hall–Kier alpha value is -6.15. The molecule has 1 aliphatic carbocycles. The van der Waals surface area contributed by atoms with Gasteiger partial charge in [-0.25, -0.2) is 0 Å². The van der Waals surface area contributed by atoms with Crippen molar-refractivity contribution in [3.63, 3.8) is 0 Å². The highest BCUT2D eigenvalue weighted by atomic mass is 16.5. The van der Waals surface area contributed by atoms with Crippen LogP contribution in [0.5, 0.6) is 34.5 Å². The van der Waals surface area contributed by atoms with Crippen molar-refractivity contribution in [1.29, 1.82) is 0 Å². The molecule has 1 saturated carbocycles. The summed E-state index contributed by atoms with van der Waals surface area (Å²) >= 11 is 0. The lowest BCUT2D eigenvalue weighted by Gasteiger charge is -2.46. The minimum atomic E-state index is -1.16. The van der Waals surface area contributed by atoms with Crippen LogP contribution in [0, 0.1) is 17.3 Å². The maximum absolute atomic E-state index is 16.1. The Labute approximate surface area is 378 Å². The molecule has 65 heavy (non-hydrogen) atoms. The molecule has 0 saturated heterocycles. The molecule has 7 unspecified atom stereocenters. The zero-order chi connectivity index (χ0) is 45.4. The van der Waals surface area contributed by atoms with Crippen molar-refractivity contribution in [2.45, 2.75) is 81.8 Å². The van der Waals surface area contributed by atoms with Crippen LogP contribution >= 0.6 is 0 Å². The Morgan fingerprint density at radius 3 is 2.69 bits per heavy atom. The number of benzene rings is 4. The molecule has 1 fully saturated rings. The van der Waals surface area contributed by atoms with Gasteiger partial charge in [0.1, 0.15) is 17.4 Å². The number of Topliss-reactive ketones (excluding diaryl/α,β-unsaturated/α-hetero) is 1.